The summed E-state index contributed by atoms with van der Waals surface area (Å²) in [7, 11) is 3.33. The summed E-state index contributed by atoms with van der Waals surface area (Å²) in [6.07, 6.45) is 3.24. The number of anilines is 1. The minimum atomic E-state index is -0.301. The third-order valence-corrected chi connectivity index (χ3v) is 6.24. The monoisotopic (exact) mass is 482 g/mol. The summed E-state index contributed by atoms with van der Waals surface area (Å²) >= 11 is 0. The molecule has 0 saturated heterocycles. The Labute approximate surface area is 206 Å². The van der Waals surface area contributed by atoms with Crippen molar-refractivity contribution >= 4 is 23.4 Å². The molecule has 0 unspecified atom stereocenters. The van der Waals surface area contributed by atoms with E-state index in [0.717, 1.165) is 0 Å². The van der Waals surface area contributed by atoms with E-state index in [1.165, 1.54) is 0 Å². The van der Waals surface area contributed by atoms with Gasteiger partial charge >= 0.3 is 0 Å². The van der Waals surface area contributed by atoms with Crippen LogP contribution in [-0.4, -0.2) is 78.5 Å². The molecular weight excluding hydrogens is 448 g/mol. The number of methoxy groups -OCH3 is 1. The topological polar surface area (TPSA) is 101 Å². The van der Waals surface area contributed by atoms with E-state index in [0.29, 0.717) is 42.1 Å². The molecule has 0 fully saturated rings. The summed E-state index contributed by atoms with van der Waals surface area (Å²) in [6, 6.07) is 8.07. The predicted octanol–water partition coefficient (Wildman–Crippen LogP) is 3.08. The van der Waals surface area contributed by atoms with E-state index in [1.807, 2.05) is 13.8 Å². The number of amides is 3. The Kier molecular flexibility index (Phi) is 8.81. The highest BCUT2D eigenvalue weighted by molar-refractivity contribution is 5.98. The zero-order valence-electron chi connectivity index (χ0n) is 21.0. The Morgan fingerprint density at radius 2 is 1.89 bits per heavy atom. The van der Waals surface area contributed by atoms with Gasteiger partial charge in [-0.05, 0) is 31.2 Å². The molecule has 0 radical (unpaired) electrons. The van der Waals surface area contributed by atoms with Gasteiger partial charge in [-0.3, -0.25) is 19.4 Å². The number of carbonyl (C=O) groups is 3. The summed E-state index contributed by atoms with van der Waals surface area (Å²) in [5.74, 6) is -0.173. The molecule has 3 amide bonds. The molecule has 9 nitrogen and oxygen atoms in total. The van der Waals surface area contributed by atoms with Gasteiger partial charge in [0.1, 0.15) is 12.4 Å². The summed E-state index contributed by atoms with van der Waals surface area (Å²) < 4.78 is 11.9. The van der Waals surface area contributed by atoms with Gasteiger partial charge in [-0.15, -0.1) is 0 Å². The second kappa shape index (κ2) is 11.8. The number of pyridine rings is 1. The molecule has 1 N–H and O–H groups in total. The fourth-order valence-electron chi connectivity index (χ4n) is 4.04. The van der Waals surface area contributed by atoms with Crippen molar-refractivity contribution < 1.29 is 23.9 Å². The molecular formula is C26H34N4O5. The quantitative estimate of drug-likeness (QED) is 0.719. The Morgan fingerprint density at radius 1 is 1.17 bits per heavy atom. The predicted molar refractivity (Wildman–Crippen MR) is 133 cm³/mol. The zero-order valence-corrected chi connectivity index (χ0v) is 21.0. The van der Waals surface area contributed by atoms with Gasteiger partial charge in [0.05, 0.1) is 17.7 Å². The maximum Gasteiger partial charge on any atom is 0.257 e. The molecule has 1 aliphatic heterocycles. The maximum atomic E-state index is 13.4. The SMILES string of the molecule is CCC(=O)Nc1ccc2c(c1)OC[C@@H](C)N(C(=O)c1ccncc1)C[C@H](C)[C@@H](OC)CN(C)C2=O. The summed E-state index contributed by atoms with van der Waals surface area (Å²) in [6.45, 7) is 6.62. The first-order chi connectivity index (χ1) is 16.7. The van der Waals surface area contributed by atoms with Gasteiger partial charge in [-0.2, -0.15) is 0 Å². The standard InChI is InChI=1S/C26H34N4O5/c1-6-24(31)28-20-7-8-21-22(13-20)35-16-18(3)30(25(32)19-9-11-27-12-10-19)14-17(2)23(34-5)15-29(4)26(21)33/h7-13,17-18,23H,6,14-16H2,1-5H3,(H,28,31)/t17-,18+,23-/m0/s1. The van der Waals surface area contributed by atoms with Crippen LogP contribution in [0.15, 0.2) is 42.7 Å². The Balaban J connectivity index is 1.99. The Hall–Kier alpha value is -3.46. The molecule has 35 heavy (non-hydrogen) atoms. The van der Waals surface area contributed by atoms with Crippen LogP contribution in [0.25, 0.3) is 0 Å². The average molecular weight is 483 g/mol. The van der Waals surface area contributed by atoms with Gasteiger partial charge < -0.3 is 24.6 Å². The Morgan fingerprint density at radius 3 is 2.54 bits per heavy atom. The number of fused-ring (bicyclic) bond motifs is 1. The molecule has 3 atom stereocenters. The maximum absolute atomic E-state index is 13.4. The van der Waals surface area contributed by atoms with E-state index < -0.39 is 0 Å². The van der Waals surface area contributed by atoms with Crippen molar-refractivity contribution in [2.75, 3.05) is 39.2 Å². The molecule has 9 heteroatoms. The number of rotatable bonds is 4. The van der Waals surface area contributed by atoms with Crippen LogP contribution in [0.4, 0.5) is 5.69 Å². The minimum absolute atomic E-state index is 0.0472. The number of ether oxygens (including phenoxy) is 2. The van der Waals surface area contributed by atoms with Crippen LogP contribution >= 0.6 is 0 Å². The van der Waals surface area contributed by atoms with Crippen molar-refractivity contribution in [2.45, 2.75) is 39.3 Å². The zero-order chi connectivity index (χ0) is 25.5. The second-order valence-corrected chi connectivity index (χ2v) is 8.90. The van der Waals surface area contributed by atoms with Gasteiger partial charge in [0.25, 0.3) is 11.8 Å². The van der Waals surface area contributed by atoms with E-state index in [-0.39, 0.29) is 42.4 Å². The van der Waals surface area contributed by atoms with Crippen LogP contribution in [-0.2, 0) is 9.53 Å². The molecule has 1 aliphatic rings. The average Bonchev–Trinajstić information content (AvgIpc) is 2.87. The van der Waals surface area contributed by atoms with Crippen LogP contribution in [0, 0.1) is 5.92 Å². The van der Waals surface area contributed by atoms with Crippen LogP contribution < -0.4 is 10.1 Å². The van der Waals surface area contributed by atoms with Crippen molar-refractivity contribution in [3.8, 4) is 5.75 Å². The molecule has 0 spiro atoms. The third kappa shape index (κ3) is 6.36. The van der Waals surface area contributed by atoms with E-state index in [2.05, 4.69) is 10.3 Å². The summed E-state index contributed by atoms with van der Waals surface area (Å²) in [5, 5.41) is 2.80. The van der Waals surface area contributed by atoms with Crippen LogP contribution in [0.3, 0.4) is 0 Å². The van der Waals surface area contributed by atoms with Crippen molar-refractivity contribution in [1.29, 1.82) is 0 Å². The first-order valence-electron chi connectivity index (χ1n) is 11.8. The number of hydrogen-bond donors (Lipinski definition) is 1. The Bertz CT molecular complexity index is 1050. The summed E-state index contributed by atoms with van der Waals surface area (Å²) in [4.78, 5) is 46.0. The molecule has 0 saturated carbocycles. The molecule has 1 aromatic carbocycles. The van der Waals surface area contributed by atoms with Crippen molar-refractivity contribution in [3.05, 3.63) is 53.9 Å². The van der Waals surface area contributed by atoms with Gasteiger partial charge in [-0.1, -0.05) is 13.8 Å². The largest absolute Gasteiger partial charge is 0.491 e. The van der Waals surface area contributed by atoms with E-state index in [1.54, 1.807) is 73.6 Å². The minimum Gasteiger partial charge on any atom is -0.491 e. The van der Waals surface area contributed by atoms with E-state index in [4.69, 9.17) is 9.47 Å². The highest BCUT2D eigenvalue weighted by Gasteiger charge is 2.30. The lowest BCUT2D eigenvalue weighted by Gasteiger charge is -2.36. The molecule has 2 aromatic rings. The lowest BCUT2D eigenvalue weighted by molar-refractivity contribution is -0.115. The smallest absolute Gasteiger partial charge is 0.257 e. The molecule has 3 rings (SSSR count). The number of carbonyl (C=O) groups excluding carboxylic acids is 3. The van der Waals surface area contributed by atoms with E-state index >= 15 is 0 Å². The molecule has 1 aromatic heterocycles. The highest BCUT2D eigenvalue weighted by Crippen LogP contribution is 2.27. The number of nitrogens with zero attached hydrogens (tertiary/aromatic N) is 3. The number of benzene rings is 1. The van der Waals surface area contributed by atoms with Crippen LogP contribution in [0.2, 0.25) is 0 Å². The lowest BCUT2D eigenvalue weighted by atomic mass is 10.0. The van der Waals surface area contributed by atoms with Gasteiger partial charge in [0.15, 0.2) is 0 Å². The molecule has 2 heterocycles. The fraction of sp³-hybridized carbons (Fsp3) is 0.462. The molecule has 0 aliphatic carbocycles. The second-order valence-electron chi connectivity index (χ2n) is 8.90. The molecule has 188 valence electrons. The van der Waals surface area contributed by atoms with Gasteiger partial charge in [0, 0.05) is 69.3 Å². The van der Waals surface area contributed by atoms with Crippen molar-refractivity contribution in [2.24, 2.45) is 5.92 Å². The number of nitrogens with one attached hydrogen (secondary N) is 1. The first kappa shape index (κ1) is 26.2. The van der Waals surface area contributed by atoms with Crippen LogP contribution in [0.1, 0.15) is 47.9 Å². The van der Waals surface area contributed by atoms with Gasteiger partial charge in [0.2, 0.25) is 5.91 Å². The molecule has 0 bridgehead atoms. The third-order valence-electron chi connectivity index (χ3n) is 6.24. The van der Waals surface area contributed by atoms with Crippen molar-refractivity contribution in [1.82, 2.24) is 14.8 Å². The fourth-order valence-corrected chi connectivity index (χ4v) is 4.04. The number of aromatic nitrogens is 1. The first-order valence-corrected chi connectivity index (χ1v) is 11.8. The number of likely N-dealkylation sites (N-methyl/N-ethyl adjacent to an activating group) is 1. The normalized spacial score (nSPS) is 21.3. The van der Waals surface area contributed by atoms with Crippen LogP contribution in [0.5, 0.6) is 5.75 Å². The van der Waals surface area contributed by atoms with E-state index in [9.17, 15) is 14.4 Å². The van der Waals surface area contributed by atoms with Crippen molar-refractivity contribution in [3.63, 3.8) is 0 Å². The van der Waals surface area contributed by atoms with Gasteiger partial charge in [-0.25, -0.2) is 0 Å². The highest BCUT2D eigenvalue weighted by atomic mass is 16.5. The summed E-state index contributed by atoms with van der Waals surface area (Å²) in [5.41, 5.74) is 1.46. The number of hydrogen-bond acceptors (Lipinski definition) is 6. The lowest BCUT2D eigenvalue weighted by Crippen LogP contribution is -2.48.